The number of hydrogen-bond acceptors (Lipinski definition) is 3. The smallest absolute Gasteiger partial charge is 0.123 e. The van der Waals surface area contributed by atoms with Gasteiger partial charge in [-0.2, -0.15) is 0 Å². The molecule has 1 aliphatic rings. The van der Waals surface area contributed by atoms with Gasteiger partial charge in [0.05, 0.1) is 12.7 Å². The molecule has 1 aliphatic heterocycles. The summed E-state index contributed by atoms with van der Waals surface area (Å²) < 4.78 is 11.6. The zero-order chi connectivity index (χ0) is 15.5. The van der Waals surface area contributed by atoms with E-state index in [4.69, 9.17) is 9.47 Å². The predicted octanol–water partition coefficient (Wildman–Crippen LogP) is 4.30. The highest BCUT2D eigenvalue weighted by molar-refractivity contribution is 5.33. The van der Waals surface area contributed by atoms with E-state index in [0.717, 1.165) is 38.5 Å². The first-order valence-corrected chi connectivity index (χ1v) is 8.93. The molecule has 124 valence electrons. The molecule has 1 aromatic rings. The Morgan fingerprint density at radius 3 is 2.86 bits per heavy atom. The molecule has 0 bridgehead atoms. The van der Waals surface area contributed by atoms with Gasteiger partial charge in [0, 0.05) is 25.3 Å². The van der Waals surface area contributed by atoms with Crippen molar-refractivity contribution in [3.05, 3.63) is 29.8 Å². The SMILES string of the molecule is CCCCCCCOc1ccccc1CNCC1CCCO1. The summed E-state index contributed by atoms with van der Waals surface area (Å²) in [7, 11) is 0. The van der Waals surface area contributed by atoms with Crippen molar-refractivity contribution in [1.29, 1.82) is 0 Å². The maximum atomic E-state index is 5.97. The first kappa shape index (κ1) is 17.3. The molecular weight excluding hydrogens is 274 g/mol. The van der Waals surface area contributed by atoms with Gasteiger partial charge in [0.1, 0.15) is 5.75 Å². The van der Waals surface area contributed by atoms with Crippen LogP contribution in [0.4, 0.5) is 0 Å². The summed E-state index contributed by atoms with van der Waals surface area (Å²) >= 11 is 0. The van der Waals surface area contributed by atoms with Crippen molar-refractivity contribution in [3.8, 4) is 5.75 Å². The van der Waals surface area contributed by atoms with Gasteiger partial charge in [-0.25, -0.2) is 0 Å². The fourth-order valence-electron chi connectivity index (χ4n) is 2.85. The number of ether oxygens (including phenoxy) is 2. The minimum absolute atomic E-state index is 0.395. The van der Waals surface area contributed by atoms with Crippen LogP contribution < -0.4 is 10.1 Å². The van der Waals surface area contributed by atoms with Crippen molar-refractivity contribution in [2.24, 2.45) is 0 Å². The van der Waals surface area contributed by atoms with Crippen LogP contribution in [-0.4, -0.2) is 25.9 Å². The second-order valence-corrected chi connectivity index (χ2v) is 6.14. The van der Waals surface area contributed by atoms with Crippen LogP contribution in [0.25, 0.3) is 0 Å². The molecule has 1 aromatic carbocycles. The number of unbranched alkanes of at least 4 members (excludes halogenated alkanes) is 4. The van der Waals surface area contributed by atoms with Crippen LogP contribution in [0.5, 0.6) is 5.75 Å². The summed E-state index contributed by atoms with van der Waals surface area (Å²) in [4.78, 5) is 0. The van der Waals surface area contributed by atoms with E-state index in [9.17, 15) is 0 Å². The highest BCUT2D eigenvalue weighted by Gasteiger charge is 2.14. The lowest BCUT2D eigenvalue weighted by molar-refractivity contribution is 0.110. The van der Waals surface area contributed by atoms with Gasteiger partial charge in [0.15, 0.2) is 0 Å². The topological polar surface area (TPSA) is 30.5 Å². The number of hydrogen-bond donors (Lipinski definition) is 1. The molecule has 0 saturated carbocycles. The monoisotopic (exact) mass is 305 g/mol. The first-order chi connectivity index (χ1) is 10.9. The molecule has 1 atom stereocenters. The van der Waals surface area contributed by atoms with Crippen molar-refractivity contribution in [3.63, 3.8) is 0 Å². The number of benzene rings is 1. The van der Waals surface area contributed by atoms with E-state index in [1.807, 2.05) is 0 Å². The van der Waals surface area contributed by atoms with Gasteiger partial charge in [-0.3, -0.25) is 0 Å². The average molecular weight is 305 g/mol. The molecule has 3 nitrogen and oxygen atoms in total. The van der Waals surface area contributed by atoms with Crippen molar-refractivity contribution in [2.75, 3.05) is 19.8 Å². The third-order valence-corrected chi connectivity index (χ3v) is 4.19. The lowest BCUT2D eigenvalue weighted by Crippen LogP contribution is -2.26. The van der Waals surface area contributed by atoms with Crippen LogP contribution in [0.2, 0.25) is 0 Å². The normalized spacial score (nSPS) is 17.8. The van der Waals surface area contributed by atoms with Gasteiger partial charge in [-0.15, -0.1) is 0 Å². The summed E-state index contributed by atoms with van der Waals surface area (Å²) in [5.41, 5.74) is 1.24. The summed E-state index contributed by atoms with van der Waals surface area (Å²) in [6, 6.07) is 8.36. The third-order valence-electron chi connectivity index (χ3n) is 4.19. The molecule has 1 N–H and O–H groups in total. The number of para-hydroxylation sites is 1. The summed E-state index contributed by atoms with van der Waals surface area (Å²) in [5, 5.41) is 3.50. The Morgan fingerprint density at radius 1 is 1.18 bits per heavy atom. The number of rotatable bonds is 11. The maximum absolute atomic E-state index is 5.97. The van der Waals surface area contributed by atoms with Gasteiger partial charge >= 0.3 is 0 Å². The van der Waals surface area contributed by atoms with E-state index in [1.165, 1.54) is 44.1 Å². The second-order valence-electron chi connectivity index (χ2n) is 6.14. The largest absolute Gasteiger partial charge is 0.493 e. The zero-order valence-electron chi connectivity index (χ0n) is 14.0. The highest BCUT2D eigenvalue weighted by atomic mass is 16.5. The lowest BCUT2D eigenvalue weighted by Gasteiger charge is -2.14. The Kier molecular flexibility index (Phi) is 8.36. The van der Waals surface area contributed by atoms with E-state index in [2.05, 4.69) is 36.5 Å². The molecule has 0 spiro atoms. The molecule has 22 heavy (non-hydrogen) atoms. The Hall–Kier alpha value is -1.06. The molecule has 0 radical (unpaired) electrons. The van der Waals surface area contributed by atoms with Gasteiger partial charge in [0.25, 0.3) is 0 Å². The fraction of sp³-hybridized carbons (Fsp3) is 0.684. The van der Waals surface area contributed by atoms with Crippen molar-refractivity contribution >= 4 is 0 Å². The minimum atomic E-state index is 0.395. The Bertz CT molecular complexity index is 402. The van der Waals surface area contributed by atoms with Crippen molar-refractivity contribution < 1.29 is 9.47 Å². The van der Waals surface area contributed by atoms with Crippen LogP contribution >= 0.6 is 0 Å². The molecule has 0 amide bonds. The molecular formula is C19H31NO2. The van der Waals surface area contributed by atoms with Crippen LogP contribution in [-0.2, 0) is 11.3 Å². The summed E-state index contributed by atoms with van der Waals surface area (Å²) in [5.74, 6) is 1.03. The van der Waals surface area contributed by atoms with Gasteiger partial charge in [0.2, 0.25) is 0 Å². The number of nitrogens with one attached hydrogen (secondary N) is 1. The third kappa shape index (κ3) is 6.37. The molecule has 2 rings (SSSR count). The average Bonchev–Trinajstić information content (AvgIpc) is 3.05. The Labute approximate surface area is 135 Å². The molecule has 3 heteroatoms. The second kappa shape index (κ2) is 10.6. The van der Waals surface area contributed by atoms with Crippen LogP contribution in [0.3, 0.4) is 0 Å². The van der Waals surface area contributed by atoms with E-state index < -0.39 is 0 Å². The Morgan fingerprint density at radius 2 is 2.05 bits per heavy atom. The highest BCUT2D eigenvalue weighted by Crippen LogP contribution is 2.19. The lowest BCUT2D eigenvalue weighted by atomic mass is 10.1. The summed E-state index contributed by atoms with van der Waals surface area (Å²) in [6.07, 6.45) is 9.15. The van der Waals surface area contributed by atoms with Crippen molar-refractivity contribution in [1.82, 2.24) is 5.32 Å². The van der Waals surface area contributed by atoms with Crippen LogP contribution in [0, 0.1) is 0 Å². The molecule has 1 fully saturated rings. The van der Waals surface area contributed by atoms with E-state index in [1.54, 1.807) is 0 Å². The van der Waals surface area contributed by atoms with Crippen LogP contribution in [0.1, 0.15) is 57.4 Å². The Balaban J connectivity index is 1.67. The fourth-order valence-corrected chi connectivity index (χ4v) is 2.85. The predicted molar refractivity (Wildman–Crippen MR) is 91.4 cm³/mol. The quantitative estimate of drug-likeness (QED) is 0.618. The van der Waals surface area contributed by atoms with Gasteiger partial charge in [-0.05, 0) is 25.3 Å². The molecule has 1 unspecified atom stereocenters. The van der Waals surface area contributed by atoms with E-state index in [0.29, 0.717) is 6.10 Å². The molecule has 1 heterocycles. The summed E-state index contributed by atoms with van der Waals surface area (Å²) in [6.45, 7) is 5.78. The van der Waals surface area contributed by atoms with Gasteiger partial charge < -0.3 is 14.8 Å². The van der Waals surface area contributed by atoms with E-state index in [-0.39, 0.29) is 0 Å². The van der Waals surface area contributed by atoms with Gasteiger partial charge in [-0.1, -0.05) is 50.8 Å². The zero-order valence-corrected chi connectivity index (χ0v) is 14.0. The first-order valence-electron chi connectivity index (χ1n) is 8.93. The molecule has 1 saturated heterocycles. The minimum Gasteiger partial charge on any atom is -0.493 e. The standard InChI is InChI=1S/C19H31NO2/c1-2-3-4-5-8-13-22-19-12-7-6-10-17(19)15-20-16-18-11-9-14-21-18/h6-7,10,12,18,20H,2-5,8-9,11,13-16H2,1H3. The molecule has 0 aliphatic carbocycles. The maximum Gasteiger partial charge on any atom is 0.123 e. The van der Waals surface area contributed by atoms with E-state index >= 15 is 0 Å². The molecule has 0 aromatic heterocycles. The van der Waals surface area contributed by atoms with Crippen molar-refractivity contribution in [2.45, 2.75) is 64.5 Å². The van der Waals surface area contributed by atoms with Crippen LogP contribution in [0.15, 0.2) is 24.3 Å².